The van der Waals surface area contributed by atoms with E-state index < -0.39 is 17.5 Å². The molecule has 1 aliphatic rings. The summed E-state index contributed by atoms with van der Waals surface area (Å²) in [6, 6.07) is 3.06. The van der Waals surface area contributed by atoms with Gasteiger partial charge >= 0.3 is 35.7 Å². The van der Waals surface area contributed by atoms with Crippen LogP contribution in [0.2, 0.25) is 0 Å². The van der Waals surface area contributed by atoms with Gasteiger partial charge in [0.15, 0.2) is 0 Å². The molecule has 7 heteroatoms. The molecule has 0 bridgehead atoms. The Bertz CT molecular complexity index is 780. The van der Waals surface area contributed by atoms with E-state index in [1.807, 2.05) is 0 Å². The molecule has 192 valence electrons. The molecule has 2 rings (SSSR count). The summed E-state index contributed by atoms with van der Waals surface area (Å²) >= 11 is 0. The molecule has 1 aliphatic heterocycles. The molecule has 1 heterocycles. The van der Waals surface area contributed by atoms with Gasteiger partial charge < -0.3 is 10.0 Å². The zero-order valence-corrected chi connectivity index (χ0v) is 23.7. The van der Waals surface area contributed by atoms with E-state index in [0.29, 0.717) is 12.8 Å². The normalized spacial score (nSPS) is 14.5. The van der Waals surface area contributed by atoms with E-state index in [1.54, 1.807) is 0 Å². The van der Waals surface area contributed by atoms with Crippen molar-refractivity contribution in [3.05, 3.63) is 41.3 Å². The number of alkyl halides is 3. The standard InChI is InChI=1S/C28H42F3NO2.Na/c1-2-3-4-5-6-7-8-9-10-11-12-13-14-15-16-17-20-32-25-21-23(28(29,30)31)18-19-24(25)27(34)26(32)22-33;/h18-19,21-22,33H,2-17,20H2,1H3;/q;+1/p-1/b26-22+;. The van der Waals surface area contributed by atoms with E-state index in [0.717, 1.165) is 37.8 Å². The summed E-state index contributed by atoms with van der Waals surface area (Å²) in [6.45, 7) is 2.63. The Kier molecular flexibility index (Phi) is 16.0. The van der Waals surface area contributed by atoms with Crippen molar-refractivity contribution in [1.29, 1.82) is 0 Å². The molecule has 0 unspecified atom stereocenters. The second-order valence-corrected chi connectivity index (χ2v) is 9.52. The quantitative estimate of drug-likeness (QED) is 0.127. The van der Waals surface area contributed by atoms with Crippen molar-refractivity contribution >= 4 is 11.5 Å². The fraction of sp³-hybridized carbons (Fsp3) is 0.679. The Balaban J connectivity index is 0.00000612. The van der Waals surface area contributed by atoms with Crippen LogP contribution in [-0.4, -0.2) is 12.3 Å². The van der Waals surface area contributed by atoms with Crippen LogP contribution < -0.4 is 39.6 Å². The molecule has 0 radical (unpaired) electrons. The molecule has 0 saturated heterocycles. The summed E-state index contributed by atoms with van der Waals surface area (Å²) in [5.41, 5.74) is -0.493. The fourth-order valence-electron chi connectivity index (χ4n) is 4.69. The Morgan fingerprint density at radius 3 is 1.69 bits per heavy atom. The van der Waals surface area contributed by atoms with E-state index >= 15 is 0 Å². The van der Waals surface area contributed by atoms with Crippen LogP contribution in [0, 0.1) is 0 Å². The second-order valence-electron chi connectivity index (χ2n) is 9.52. The third-order valence-corrected chi connectivity index (χ3v) is 6.73. The number of ketones is 1. The number of anilines is 1. The zero-order chi connectivity index (χ0) is 24.8. The SMILES string of the molecule is CCCCCCCCCCCCCCCCCCN1/C(=C/[O-])C(=O)c2ccc(C(F)(F)F)cc21.[Na+]. The van der Waals surface area contributed by atoms with Crippen LogP contribution in [-0.2, 0) is 6.18 Å². The van der Waals surface area contributed by atoms with Crippen LogP contribution in [0.25, 0.3) is 0 Å². The Hall–Kier alpha value is -0.980. The third-order valence-electron chi connectivity index (χ3n) is 6.73. The molecule has 0 spiro atoms. The van der Waals surface area contributed by atoms with Crippen LogP contribution >= 0.6 is 0 Å². The number of halogens is 3. The average molecular weight is 504 g/mol. The monoisotopic (exact) mass is 503 g/mol. The first-order chi connectivity index (χ1) is 16.4. The molecular formula is C28H41F3NNaO2. The van der Waals surface area contributed by atoms with E-state index in [2.05, 4.69) is 6.92 Å². The molecule has 0 fully saturated rings. The van der Waals surface area contributed by atoms with Crippen molar-refractivity contribution in [2.24, 2.45) is 0 Å². The molecular weight excluding hydrogens is 462 g/mol. The molecule has 1 aromatic carbocycles. The summed E-state index contributed by atoms with van der Waals surface area (Å²) in [5.74, 6) is -0.491. The number of Topliss-reactive ketones (excluding diaryl/α,β-unsaturated/α-hetero) is 1. The van der Waals surface area contributed by atoms with Gasteiger partial charge in [0.05, 0.1) is 16.9 Å². The summed E-state index contributed by atoms with van der Waals surface area (Å²) in [7, 11) is 0. The van der Waals surface area contributed by atoms with Crippen molar-refractivity contribution in [2.75, 3.05) is 11.4 Å². The van der Waals surface area contributed by atoms with Crippen molar-refractivity contribution in [2.45, 2.75) is 116 Å². The van der Waals surface area contributed by atoms with Gasteiger partial charge in [-0.05, 0) is 24.6 Å². The molecule has 0 amide bonds. The van der Waals surface area contributed by atoms with E-state index in [4.69, 9.17) is 0 Å². The summed E-state index contributed by atoms with van der Waals surface area (Å²) in [4.78, 5) is 13.8. The molecule has 0 saturated carbocycles. The third kappa shape index (κ3) is 10.9. The molecule has 0 aromatic heterocycles. The van der Waals surface area contributed by atoms with E-state index in [9.17, 15) is 23.1 Å². The van der Waals surface area contributed by atoms with Gasteiger partial charge in [-0.2, -0.15) is 13.2 Å². The number of carbonyl (C=O) groups excluding carboxylic acids is 1. The number of allylic oxidation sites excluding steroid dienone is 1. The van der Waals surface area contributed by atoms with Crippen molar-refractivity contribution in [3.8, 4) is 0 Å². The zero-order valence-electron chi connectivity index (χ0n) is 21.7. The topological polar surface area (TPSA) is 43.4 Å². The number of benzene rings is 1. The van der Waals surface area contributed by atoms with Gasteiger partial charge in [-0.25, -0.2) is 0 Å². The van der Waals surface area contributed by atoms with Gasteiger partial charge in [0.2, 0.25) is 5.78 Å². The summed E-state index contributed by atoms with van der Waals surface area (Å²) in [5, 5.41) is 11.4. The van der Waals surface area contributed by atoms with Gasteiger partial charge in [-0.15, -0.1) is 6.26 Å². The minimum absolute atomic E-state index is 0. The van der Waals surface area contributed by atoms with E-state index in [1.165, 1.54) is 88.0 Å². The first-order valence-corrected chi connectivity index (χ1v) is 13.3. The van der Waals surface area contributed by atoms with Gasteiger partial charge in [0, 0.05) is 12.1 Å². The number of unbranched alkanes of at least 4 members (excludes halogenated alkanes) is 15. The first-order valence-electron chi connectivity index (χ1n) is 13.3. The predicted octanol–water partition coefficient (Wildman–Crippen LogP) is 5.18. The van der Waals surface area contributed by atoms with Crippen LogP contribution in [0.15, 0.2) is 30.2 Å². The average Bonchev–Trinajstić information content (AvgIpc) is 3.08. The molecule has 0 atom stereocenters. The Morgan fingerprint density at radius 2 is 1.26 bits per heavy atom. The molecule has 0 N–H and O–H groups in total. The van der Waals surface area contributed by atoms with Crippen LogP contribution in [0.4, 0.5) is 18.9 Å². The van der Waals surface area contributed by atoms with Gasteiger partial charge in [0.1, 0.15) is 0 Å². The van der Waals surface area contributed by atoms with Crippen molar-refractivity contribution in [1.82, 2.24) is 0 Å². The van der Waals surface area contributed by atoms with Crippen molar-refractivity contribution < 1.29 is 52.6 Å². The van der Waals surface area contributed by atoms with Gasteiger partial charge in [0.25, 0.3) is 0 Å². The number of rotatable bonds is 17. The van der Waals surface area contributed by atoms with Crippen molar-refractivity contribution in [3.63, 3.8) is 0 Å². The number of hydrogen-bond donors (Lipinski definition) is 0. The van der Waals surface area contributed by atoms with E-state index in [-0.39, 0.29) is 46.5 Å². The molecule has 35 heavy (non-hydrogen) atoms. The summed E-state index contributed by atoms with van der Waals surface area (Å²) in [6.07, 6.45) is 15.8. The van der Waals surface area contributed by atoms with Gasteiger partial charge in [-0.3, -0.25) is 4.79 Å². The Morgan fingerprint density at radius 1 is 0.800 bits per heavy atom. The predicted molar refractivity (Wildman–Crippen MR) is 131 cm³/mol. The first kappa shape index (κ1) is 32.0. The Labute approximate surface area is 231 Å². The largest absolute Gasteiger partial charge is 1.00 e. The summed E-state index contributed by atoms with van der Waals surface area (Å²) < 4.78 is 39.3. The molecule has 1 aromatic rings. The van der Waals surface area contributed by atoms with Gasteiger partial charge in [-0.1, -0.05) is 103 Å². The molecule has 0 aliphatic carbocycles. The molecule has 3 nitrogen and oxygen atoms in total. The maximum absolute atomic E-state index is 13.1. The maximum atomic E-state index is 13.1. The second kappa shape index (κ2) is 17.5. The van der Waals surface area contributed by atoms with Crippen LogP contribution in [0.5, 0.6) is 0 Å². The number of hydrogen-bond acceptors (Lipinski definition) is 3. The van der Waals surface area contributed by atoms with Crippen LogP contribution in [0.3, 0.4) is 0 Å². The number of carbonyl (C=O) groups is 1. The fourth-order valence-corrected chi connectivity index (χ4v) is 4.69. The number of nitrogens with zero attached hydrogens (tertiary/aromatic N) is 1. The minimum Gasteiger partial charge on any atom is -0.876 e. The van der Waals surface area contributed by atoms with Crippen LogP contribution in [0.1, 0.15) is 126 Å². The minimum atomic E-state index is -4.48. The smallest absolute Gasteiger partial charge is 0.876 e. The number of fused-ring (bicyclic) bond motifs is 1. The maximum Gasteiger partial charge on any atom is 1.00 e.